The molecule has 1 amide bonds. The van der Waals surface area contributed by atoms with Crippen LogP contribution in [0.2, 0.25) is 0 Å². The number of carbonyl (C=O) groups is 1. The van der Waals surface area contributed by atoms with Crippen molar-refractivity contribution in [1.29, 1.82) is 0 Å². The first-order chi connectivity index (χ1) is 14.2. The second kappa shape index (κ2) is 9.37. The Hall–Kier alpha value is -2.45. The highest BCUT2D eigenvalue weighted by Gasteiger charge is 2.46. The second-order valence-electron chi connectivity index (χ2n) is 8.02. The molecule has 1 unspecified atom stereocenters. The molecule has 3 fully saturated rings. The summed E-state index contributed by atoms with van der Waals surface area (Å²) >= 11 is 0. The molecule has 8 heteroatoms. The van der Waals surface area contributed by atoms with E-state index in [4.69, 9.17) is 9.47 Å². The quantitative estimate of drug-likeness (QED) is 0.575. The molecule has 29 heavy (non-hydrogen) atoms. The zero-order valence-corrected chi connectivity index (χ0v) is 16.9. The largest absolute Gasteiger partial charge is 0.487 e. The summed E-state index contributed by atoms with van der Waals surface area (Å²) in [5, 5.41) is 11.6. The Morgan fingerprint density at radius 1 is 1.34 bits per heavy atom. The Kier molecular flexibility index (Phi) is 6.41. The summed E-state index contributed by atoms with van der Waals surface area (Å²) in [6, 6.07) is 10.2. The van der Waals surface area contributed by atoms with E-state index < -0.39 is 0 Å². The van der Waals surface area contributed by atoms with E-state index in [1.54, 1.807) is 7.11 Å². The summed E-state index contributed by atoms with van der Waals surface area (Å²) in [5.74, 6) is 1.60. The molecule has 3 aliphatic heterocycles. The molecule has 5 rings (SSSR count). The van der Waals surface area contributed by atoms with Gasteiger partial charge < -0.3 is 19.7 Å². The minimum absolute atomic E-state index is 0.123. The standard InChI is InChI=1S/C21H29N5O3/c1-28-10-8-22-21(27)20-14-25-9-7-16(20)11-18(25)13-26-12-17(23-24-26)15-29-19-5-3-2-4-6-19/h2-6,12,16,18,20H,7-11,13-15H2,1H3,(H,22,27)/p+1/t16-,18-,20+/m1/s1. The Labute approximate surface area is 171 Å². The predicted octanol–water partition coefficient (Wildman–Crippen LogP) is -0.0870. The number of rotatable bonds is 9. The summed E-state index contributed by atoms with van der Waals surface area (Å²) in [6.45, 7) is 4.44. The van der Waals surface area contributed by atoms with Crippen LogP contribution in [0.25, 0.3) is 0 Å². The van der Waals surface area contributed by atoms with Crippen LogP contribution in [0.4, 0.5) is 0 Å². The van der Waals surface area contributed by atoms with Crippen molar-refractivity contribution in [3.8, 4) is 5.75 Å². The number of ether oxygens (including phenoxy) is 2. The van der Waals surface area contributed by atoms with Gasteiger partial charge in [0.2, 0.25) is 5.91 Å². The van der Waals surface area contributed by atoms with Gasteiger partial charge in [-0.3, -0.25) is 4.79 Å². The van der Waals surface area contributed by atoms with Crippen LogP contribution in [0.5, 0.6) is 5.75 Å². The SMILES string of the molecule is COCCNC(=O)[C@H]1C[NH+]2CC[C@@H]1C[C@@H]2Cn1cc(COc2ccccc2)nn1. The van der Waals surface area contributed by atoms with Crippen LogP contribution in [0.1, 0.15) is 18.5 Å². The molecule has 0 radical (unpaired) electrons. The molecule has 4 heterocycles. The Morgan fingerprint density at radius 2 is 2.21 bits per heavy atom. The normalized spacial score (nSPS) is 25.7. The van der Waals surface area contributed by atoms with Gasteiger partial charge in [-0.25, -0.2) is 4.68 Å². The average Bonchev–Trinajstić information content (AvgIpc) is 3.21. The molecule has 1 aromatic carbocycles. The van der Waals surface area contributed by atoms with E-state index in [1.165, 1.54) is 4.90 Å². The van der Waals surface area contributed by atoms with Crippen LogP contribution in [0.3, 0.4) is 0 Å². The highest BCUT2D eigenvalue weighted by molar-refractivity contribution is 5.79. The van der Waals surface area contributed by atoms with Gasteiger partial charge >= 0.3 is 0 Å². The number of para-hydroxylation sites is 1. The van der Waals surface area contributed by atoms with Crippen molar-refractivity contribution in [3.63, 3.8) is 0 Å². The van der Waals surface area contributed by atoms with Gasteiger partial charge in [0, 0.05) is 26.5 Å². The Morgan fingerprint density at radius 3 is 2.97 bits per heavy atom. The van der Waals surface area contributed by atoms with Crippen LogP contribution in [-0.4, -0.2) is 60.3 Å². The number of piperidine rings is 3. The Balaban J connectivity index is 1.28. The number of benzene rings is 1. The third-order valence-corrected chi connectivity index (χ3v) is 6.12. The molecule has 8 nitrogen and oxygen atoms in total. The maximum atomic E-state index is 12.5. The van der Waals surface area contributed by atoms with Crippen molar-refractivity contribution in [2.24, 2.45) is 11.8 Å². The first kappa shape index (κ1) is 19.8. The third-order valence-electron chi connectivity index (χ3n) is 6.12. The van der Waals surface area contributed by atoms with Crippen molar-refractivity contribution >= 4 is 5.91 Å². The summed E-state index contributed by atoms with van der Waals surface area (Å²) in [7, 11) is 1.65. The lowest BCUT2D eigenvalue weighted by atomic mass is 9.75. The summed E-state index contributed by atoms with van der Waals surface area (Å²) < 4.78 is 12.7. The predicted molar refractivity (Wildman–Crippen MR) is 106 cm³/mol. The molecule has 2 N–H and O–H groups in total. The topological polar surface area (TPSA) is 82.7 Å². The van der Waals surface area contributed by atoms with Gasteiger partial charge in [0.1, 0.15) is 24.1 Å². The highest BCUT2D eigenvalue weighted by atomic mass is 16.5. The van der Waals surface area contributed by atoms with Gasteiger partial charge in [-0.2, -0.15) is 0 Å². The van der Waals surface area contributed by atoms with Crippen molar-refractivity contribution < 1.29 is 19.2 Å². The van der Waals surface area contributed by atoms with Gasteiger partial charge in [-0.1, -0.05) is 23.4 Å². The fraction of sp³-hybridized carbons (Fsp3) is 0.571. The minimum atomic E-state index is 0.123. The maximum Gasteiger partial charge on any atom is 0.229 e. The van der Waals surface area contributed by atoms with Gasteiger partial charge in [-0.15, -0.1) is 5.10 Å². The summed E-state index contributed by atoms with van der Waals surface area (Å²) in [4.78, 5) is 14.0. The molecule has 4 atom stereocenters. The highest BCUT2D eigenvalue weighted by Crippen LogP contribution is 2.27. The van der Waals surface area contributed by atoms with E-state index in [0.29, 0.717) is 31.7 Å². The van der Waals surface area contributed by atoms with E-state index in [-0.39, 0.29) is 11.8 Å². The molecule has 0 saturated carbocycles. The number of fused-ring (bicyclic) bond motifs is 3. The monoisotopic (exact) mass is 400 g/mol. The van der Waals surface area contributed by atoms with E-state index in [2.05, 4.69) is 15.6 Å². The maximum absolute atomic E-state index is 12.5. The van der Waals surface area contributed by atoms with Crippen molar-refractivity contribution in [2.45, 2.75) is 32.0 Å². The van der Waals surface area contributed by atoms with E-state index in [0.717, 1.165) is 43.9 Å². The number of quaternary nitrogens is 1. The number of nitrogens with zero attached hydrogens (tertiary/aromatic N) is 3. The zero-order valence-electron chi connectivity index (χ0n) is 16.9. The number of hydrogen-bond donors (Lipinski definition) is 2. The van der Waals surface area contributed by atoms with Crippen LogP contribution < -0.4 is 15.0 Å². The lowest BCUT2D eigenvalue weighted by Crippen LogP contribution is -3.20. The number of aromatic nitrogens is 3. The molecule has 1 aromatic heterocycles. The van der Waals surface area contributed by atoms with Crippen molar-refractivity contribution in [1.82, 2.24) is 20.3 Å². The number of carbonyl (C=O) groups excluding carboxylic acids is 1. The molecule has 2 aromatic rings. The van der Waals surface area contributed by atoms with Crippen LogP contribution in [-0.2, 0) is 22.7 Å². The van der Waals surface area contributed by atoms with Gasteiger partial charge in [0.25, 0.3) is 0 Å². The lowest BCUT2D eigenvalue weighted by Gasteiger charge is -2.46. The fourth-order valence-electron chi connectivity index (χ4n) is 4.62. The first-order valence-corrected chi connectivity index (χ1v) is 10.4. The average molecular weight is 401 g/mol. The van der Waals surface area contributed by atoms with Gasteiger partial charge in [-0.05, 0) is 18.1 Å². The van der Waals surface area contributed by atoms with Gasteiger partial charge in [0.05, 0.1) is 38.4 Å². The summed E-state index contributed by atoms with van der Waals surface area (Å²) in [6.07, 6.45) is 4.16. The number of nitrogens with one attached hydrogen (secondary N) is 2. The molecule has 2 bridgehead atoms. The number of methoxy groups -OCH3 is 1. The Bertz CT molecular complexity index is 797. The molecular formula is C21H30N5O3+. The lowest BCUT2D eigenvalue weighted by molar-refractivity contribution is -0.945. The van der Waals surface area contributed by atoms with Crippen molar-refractivity contribution in [2.75, 3.05) is 33.4 Å². The van der Waals surface area contributed by atoms with E-state index >= 15 is 0 Å². The smallest absolute Gasteiger partial charge is 0.229 e. The molecule has 3 saturated heterocycles. The van der Waals surface area contributed by atoms with Crippen molar-refractivity contribution in [3.05, 3.63) is 42.2 Å². The molecule has 3 aliphatic rings. The van der Waals surface area contributed by atoms with Crippen LogP contribution >= 0.6 is 0 Å². The molecule has 0 aliphatic carbocycles. The first-order valence-electron chi connectivity index (χ1n) is 10.4. The van der Waals surface area contributed by atoms with Crippen LogP contribution in [0.15, 0.2) is 36.5 Å². The van der Waals surface area contributed by atoms with E-state index in [9.17, 15) is 4.79 Å². The minimum Gasteiger partial charge on any atom is -0.487 e. The summed E-state index contributed by atoms with van der Waals surface area (Å²) in [5.41, 5.74) is 0.829. The van der Waals surface area contributed by atoms with Crippen LogP contribution in [0, 0.1) is 11.8 Å². The molecule has 156 valence electrons. The third kappa shape index (κ3) is 4.94. The molecule has 0 spiro atoms. The zero-order chi connectivity index (χ0) is 20.1. The molecular weight excluding hydrogens is 370 g/mol. The number of hydrogen-bond acceptors (Lipinski definition) is 5. The van der Waals surface area contributed by atoms with Gasteiger partial charge in [0.15, 0.2) is 0 Å². The number of amides is 1. The second-order valence-corrected chi connectivity index (χ2v) is 8.02. The fourth-order valence-corrected chi connectivity index (χ4v) is 4.62. The van der Waals surface area contributed by atoms with E-state index in [1.807, 2.05) is 41.2 Å².